The van der Waals surface area contributed by atoms with Crippen LogP contribution in [0, 0.1) is 0 Å². The summed E-state index contributed by atoms with van der Waals surface area (Å²) in [6, 6.07) is 12.2. The topological polar surface area (TPSA) is 37.8 Å². The van der Waals surface area contributed by atoms with Gasteiger partial charge in [-0.3, -0.25) is 0 Å². The van der Waals surface area contributed by atoms with Crippen molar-refractivity contribution in [1.29, 1.82) is 0 Å². The molecule has 0 unspecified atom stereocenters. The molecular weight excluding hydrogens is 230 g/mol. The van der Waals surface area contributed by atoms with Crippen LogP contribution in [0.15, 0.2) is 47.5 Å². The molecule has 0 fully saturated rings. The Hall–Kier alpha value is -1.39. The fourth-order valence-electron chi connectivity index (χ4n) is 1.45. The molecule has 1 N–H and O–H groups in total. The number of hydrogen-bond donors (Lipinski definition) is 1. The largest absolute Gasteiger partial charge is 0.314 e. The van der Waals surface area contributed by atoms with Crippen molar-refractivity contribution < 1.29 is 0 Å². The summed E-state index contributed by atoms with van der Waals surface area (Å²) < 4.78 is 0. The Bertz CT molecular complexity index is 459. The Morgan fingerprint density at radius 3 is 2.76 bits per heavy atom. The molecule has 3 nitrogen and oxygen atoms in total. The van der Waals surface area contributed by atoms with Crippen molar-refractivity contribution in [3.8, 4) is 0 Å². The minimum atomic E-state index is 0.783. The van der Waals surface area contributed by atoms with Crippen LogP contribution in [0.2, 0.25) is 0 Å². The molecule has 88 valence electrons. The molecule has 0 aliphatic carbocycles. The summed E-state index contributed by atoms with van der Waals surface area (Å²) in [6.45, 7) is 0.783. The third kappa shape index (κ3) is 3.84. The van der Waals surface area contributed by atoms with Crippen LogP contribution in [0.4, 0.5) is 0 Å². The fourth-order valence-corrected chi connectivity index (χ4v) is 2.24. The third-order valence-corrected chi connectivity index (χ3v) is 3.24. The first-order valence-electron chi connectivity index (χ1n) is 5.52. The van der Waals surface area contributed by atoms with Gasteiger partial charge in [-0.1, -0.05) is 18.2 Å². The van der Waals surface area contributed by atoms with E-state index in [4.69, 9.17) is 0 Å². The van der Waals surface area contributed by atoms with Gasteiger partial charge >= 0.3 is 0 Å². The average molecular weight is 245 g/mol. The number of nitrogens with one attached hydrogen (secondary N) is 1. The number of hydrogen-bond acceptors (Lipinski definition) is 4. The first kappa shape index (κ1) is 12.1. The molecule has 0 aliphatic heterocycles. The first-order valence-corrected chi connectivity index (χ1v) is 6.50. The van der Waals surface area contributed by atoms with Crippen LogP contribution in [0.3, 0.4) is 0 Å². The molecule has 1 aromatic heterocycles. The van der Waals surface area contributed by atoms with E-state index in [1.54, 1.807) is 11.8 Å². The highest BCUT2D eigenvalue weighted by Crippen LogP contribution is 2.20. The molecule has 0 atom stereocenters. The van der Waals surface area contributed by atoms with Gasteiger partial charge in [0.05, 0.1) is 11.4 Å². The van der Waals surface area contributed by atoms with Gasteiger partial charge in [-0.25, -0.2) is 9.97 Å². The van der Waals surface area contributed by atoms with Gasteiger partial charge in [0.2, 0.25) is 0 Å². The lowest BCUT2D eigenvalue weighted by Gasteiger charge is -2.03. The Balaban J connectivity index is 1.97. The van der Waals surface area contributed by atoms with E-state index < -0.39 is 0 Å². The summed E-state index contributed by atoms with van der Waals surface area (Å²) in [4.78, 5) is 10.0. The van der Waals surface area contributed by atoms with Gasteiger partial charge in [0, 0.05) is 17.6 Å². The number of aromatic nitrogens is 2. The normalized spacial score (nSPS) is 10.4. The van der Waals surface area contributed by atoms with E-state index in [-0.39, 0.29) is 0 Å². The maximum Gasteiger partial charge on any atom is 0.138 e. The van der Waals surface area contributed by atoms with Crippen LogP contribution in [0.25, 0.3) is 0 Å². The molecule has 0 bridgehead atoms. The van der Waals surface area contributed by atoms with Crippen molar-refractivity contribution in [3.63, 3.8) is 0 Å². The summed E-state index contributed by atoms with van der Waals surface area (Å²) in [5.41, 5.74) is 1.03. The van der Waals surface area contributed by atoms with Crippen LogP contribution in [-0.2, 0) is 12.3 Å². The fraction of sp³-hybridized carbons (Fsp3) is 0.231. The van der Waals surface area contributed by atoms with Crippen LogP contribution < -0.4 is 5.32 Å². The van der Waals surface area contributed by atoms with Crippen LogP contribution in [0.1, 0.15) is 11.5 Å². The Kier molecular flexibility index (Phi) is 4.53. The molecule has 0 aliphatic rings. The standard InChI is InChI=1S/C13H15N3S/c1-14-9-11-7-8-15-13(16-11)10-17-12-5-3-2-4-6-12/h2-8,14H,9-10H2,1H3. The zero-order chi connectivity index (χ0) is 11.9. The molecule has 0 amide bonds. The minimum absolute atomic E-state index is 0.783. The van der Waals surface area contributed by atoms with Crippen LogP contribution in [-0.4, -0.2) is 17.0 Å². The van der Waals surface area contributed by atoms with Crippen LogP contribution in [0.5, 0.6) is 0 Å². The molecule has 1 heterocycles. The number of benzene rings is 1. The lowest BCUT2D eigenvalue weighted by atomic mass is 10.4. The maximum absolute atomic E-state index is 4.48. The van der Waals surface area contributed by atoms with Crippen molar-refractivity contribution in [2.24, 2.45) is 0 Å². The van der Waals surface area contributed by atoms with Gasteiger partial charge in [0.25, 0.3) is 0 Å². The second-order valence-electron chi connectivity index (χ2n) is 3.60. The van der Waals surface area contributed by atoms with Crippen molar-refractivity contribution in [1.82, 2.24) is 15.3 Å². The summed E-state index contributed by atoms with van der Waals surface area (Å²) in [5, 5.41) is 3.09. The second-order valence-corrected chi connectivity index (χ2v) is 4.65. The molecule has 2 rings (SSSR count). The molecule has 0 saturated heterocycles. The summed E-state index contributed by atoms with van der Waals surface area (Å²) in [5.74, 6) is 1.69. The summed E-state index contributed by atoms with van der Waals surface area (Å²) in [6.07, 6.45) is 1.82. The van der Waals surface area contributed by atoms with Crippen molar-refractivity contribution >= 4 is 11.8 Å². The highest BCUT2D eigenvalue weighted by molar-refractivity contribution is 7.98. The van der Waals surface area contributed by atoms with E-state index in [9.17, 15) is 0 Å². The Labute approximate surface area is 106 Å². The lowest BCUT2D eigenvalue weighted by Crippen LogP contribution is -2.08. The average Bonchev–Trinajstić information content (AvgIpc) is 2.39. The molecule has 4 heteroatoms. The van der Waals surface area contributed by atoms with Crippen molar-refractivity contribution in [3.05, 3.63) is 54.1 Å². The smallest absolute Gasteiger partial charge is 0.138 e. The SMILES string of the molecule is CNCc1ccnc(CSc2ccccc2)n1. The quantitative estimate of drug-likeness (QED) is 0.821. The number of nitrogens with zero attached hydrogens (tertiary/aromatic N) is 2. The zero-order valence-corrected chi connectivity index (χ0v) is 10.6. The number of thioether (sulfide) groups is 1. The monoisotopic (exact) mass is 245 g/mol. The third-order valence-electron chi connectivity index (χ3n) is 2.23. The molecule has 0 saturated carbocycles. The van der Waals surface area contributed by atoms with E-state index in [2.05, 4.69) is 27.4 Å². The molecular formula is C13H15N3S. The van der Waals surface area contributed by atoms with E-state index in [0.717, 1.165) is 23.8 Å². The van der Waals surface area contributed by atoms with Gasteiger partial charge in [-0.15, -0.1) is 11.8 Å². The van der Waals surface area contributed by atoms with Gasteiger partial charge in [-0.2, -0.15) is 0 Å². The van der Waals surface area contributed by atoms with Gasteiger partial charge < -0.3 is 5.32 Å². The molecule has 17 heavy (non-hydrogen) atoms. The van der Waals surface area contributed by atoms with E-state index in [0.29, 0.717) is 0 Å². The first-order chi connectivity index (χ1) is 8.38. The Morgan fingerprint density at radius 1 is 1.18 bits per heavy atom. The highest BCUT2D eigenvalue weighted by atomic mass is 32.2. The predicted octanol–water partition coefficient (Wildman–Crippen LogP) is 2.49. The number of rotatable bonds is 5. The van der Waals surface area contributed by atoms with E-state index in [1.165, 1.54) is 4.90 Å². The van der Waals surface area contributed by atoms with E-state index in [1.807, 2.05) is 37.5 Å². The minimum Gasteiger partial charge on any atom is -0.314 e. The highest BCUT2D eigenvalue weighted by Gasteiger charge is 2.00. The molecule has 1 aromatic carbocycles. The Morgan fingerprint density at radius 2 is 2.00 bits per heavy atom. The van der Waals surface area contributed by atoms with Crippen LogP contribution >= 0.6 is 11.8 Å². The van der Waals surface area contributed by atoms with Gasteiger partial charge in [-0.05, 0) is 25.2 Å². The molecule has 0 spiro atoms. The zero-order valence-electron chi connectivity index (χ0n) is 9.76. The van der Waals surface area contributed by atoms with Gasteiger partial charge in [0.1, 0.15) is 5.82 Å². The summed E-state index contributed by atoms with van der Waals surface area (Å²) in [7, 11) is 1.92. The predicted molar refractivity (Wildman–Crippen MR) is 70.8 cm³/mol. The van der Waals surface area contributed by atoms with E-state index >= 15 is 0 Å². The van der Waals surface area contributed by atoms with Crippen molar-refractivity contribution in [2.75, 3.05) is 7.05 Å². The maximum atomic E-state index is 4.48. The van der Waals surface area contributed by atoms with Crippen molar-refractivity contribution in [2.45, 2.75) is 17.2 Å². The molecule has 0 radical (unpaired) electrons. The molecule has 2 aromatic rings. The van der Waals surface area contributed by atoms with Gasteiger partial charge in [0.15, 0.2) is 0 Å². The summed E-state index contributed by atoms with van der Waals surface area (Å²) >= 11 is 1.75. The lowest BCUT2D eigenvalue weighted by molar-refractivity contribution is 0.777. The second kappa shape index (κ2) is 6.37.